The third kappa shape index (κ3) is 3.51. The van der Waals surface area contributed by atoms with Crippen LogP contribution in [0.2, 0.25) is 0 Å². The van der Waals surface area contributed by atoms with Crippen molar-refractivity contribution in [2.45, 2.75) is 0 Å². The van der Waals surface area contributed by atoms with Crippen molar-refractivity contribution in [3.8, 4) is 0 Å². The molecule has 1 fully saturated rings. The average Bonchev–Trinajstić information content (AvgIpc) is 2.62. The summed E-state index contributed by atoms with van der Waals surface area (Å²) in [4.78, 5) is 23.0. The summed E-state index contributed by atoms with van der Waals surface area (Å²) in [6, 6.07) is 13.9. The lowest BCUT2D eigenvalue weighted by Crippen LogP contribution is -2.47. The number of para-hydroxylation sites is 1. The van der Waals surface area contributed by atoms with Gasteiger partial charge in [0.25, 0.3) is 5.91 Å². The van der Waals surface area contributed by atoms with Gasteiger partial charge in [-0.05, 0) is 31.3 Å². The third-order valence-electron chi connectivity index (χ3n) is 4.29. The lowest BCUT2D eigenvalue weighted by Gasteiger charge is -2.32. The second-order valence-electron chi connectivity index (χ2n) is 5.89. The Kier molecular flexibility index (Phi) is 4.57. The lowest BCUT2D eigenvalue weighted by atomic mass is 10.2. The number of pyridine rings is 1. The second-order valence-corrected chi connectivity index (χ2v) is 5.89. The van der Waals surface area contributed by atoms with Gasteiger partial charge in [0.2, 0.25) is 0 Å². The van der Waals surface area contributed by atoms with Crippen LogP contribution >= 0.6 is 0 Å². The molecule has 0 unspecified atom stereocenters. The van der Waals surface area contributed by atoms with Crippen LogP contribution in [0.15, 0.2) is 48.7 Å². The van der Waals surface area contributed by atoms with Crippen LogP contribution in [0.1, 0.15) is 10.5 Å². The average molecular weight is 310 g/mol. The number of hydrogen-bond donors (Lipinski definition) is 0. The van der Waals surface area contributed by atoms with Gasteiger partial charge in [0, 0.05) is 38.9 Å². The molecular weight excluding hydrogens is 288 g/mol. The molecule has 0 saturated carbocycles. The fourth-order valence-electron chi connectivity index (χ4n) is 2.68. The number of carbonyl (C=O) groups excluding carboxylic acids is 1. The van der Waals surface area contributed by atoms with Crippen molar-refractivity contribution in [3.05, 3.63) is 54.4 Å². The Morgan fingerprint density at radius 2 is 1.70 bits per heavy atom. The Morgan fingerprint density at radius 1 is 1.00 bits per heavy atom. The molecule has 0 bridgehead atoms. The number of nitrogens with zero attached hydrogens (tertiary/aromatic N) is 4. The van der Waals surface area contributed by atoms with Gasteiger partial charge in [-0.1, -0.05) is 18.2 Å². The third-order valence-corrected chi connectivity index (χ3v) is 4.29. The second kappa shape index (κ2) is 6.79. The summed E-state index contributed by atoms with van der Waals surface area (Å²) in [6.07, 6.45) is 1.76. The van der Waals surface area contributed by atoms with E-state index in [-0.39, 0.29) is 5.91 Å². The van der Waals surface area contributed by atoms with Gasteiger partial charge in [-0.25, -0.2) is 4.98 Å². The highest BCUT2D eigenvalue weighted by atomic mass is 16.2. The van der Waals surface area contributed by atoms with E-state index in [1.54, 1.807) is 6.20 Å². The molecule has 0 radical (unpaired) electrons. The van der Waals surface area contributed by atoms with Crippen molar-refractivity contribution in [3.63, 3.8) is 0 Å². The quantitative estimate of drug-likeness (QED) is 0.871. The standard InChI is InChI=1S/C18H22N4O/c1-20-10-12-22(13-11-20)18(23)17-9-8-16(14-19-17)21(2)15-6-4-3-5-7-15/h3-9,14H,10-13H2,1-2H3. The summed E-state index contributed by atoms with van der Waals surface area (Å²) in [5.74, 6) is 0.0204. The highest BCUT2D eigenvalue weighted by Crippen LogP contribution is 2.22. The maximum atomic E-state index is 12.5. The predicted octanol–water partition coefficient (Wildman–Crippen LogP) is 2.24. The molecule has 3 rings (SSSR count). The maximum absolute atomic E-state index is 12.5. The van der Waals surface area contributed by atoms with Gasteiger partial charge < -0.3 is 14.7 Å². The van der Waals surface area contributed by atoms with Gasteiger partial charge in [0.15, 0.2) is 0 Å². The summed E-state index contributed by atoms with van der Waals surface area (Å²) < 4.78 is 0. The number of piperazine rings is 1. The van der Waals surface area contributed by atoms with Crippen LogP contribution in [0.5, 0.6) is 0 Å². The normalized spacial score (nSPS) is 15.5. The Bertz CT molecular complexity index is 648. The van der Waals surface area contributed by atoms with Crippen molar-refractivity contribution in [1.29, 1.82) is 0 Å². The maximum Gasteiger partial charge on any atom is 0.272 e. The molecule has 1 aliphatic heterocycles. The summed E-state index contributed by atoms with van der Waals surface area (Å²) in [5.41, 5.74) is 2.57. The number of carbonyl (C=O) groups is 1. The van der Waals surface area contributed by atoms with Crippen molar-refractivity contribution >= 4 is 17.3 Å². The van der Waals surface area contributed by atoms with Gasteiger partial charge in [-0.2, -0.15) is 0 Å². The number of anilines is 2. The molecule has 0 N–H and O–H groups in total. The van der Waals surface area contributed by atoms with Crippen LogP contribution in [0.4, 0.5) is 11.4 Å². The molecule has 1 aliphatic rings. The van der Waals surface area contributed by atoms with Crippen molar-refractivity contribution in [2.75, 3.05) is 45.2 Å². The molecule has 5 heteroatoms. The van der Waals surface area contributed by atoms with Crippen LogP contribution in [0.25, 0.3) is 0 Å². The number of rotatable bonds is 3. The molecule has 2 heterocycles. The molecule has 0 aliphatic carbocycles. The number of likely N-dealkylation sites (N-methyl/N-ethyl adjacent to an activating group) is 1. The molecule has 1 saturated heterocycles. The van der Waals surface area contributed by atoms with Crippen LogP contribution in [-0.2, 0) is 0 Å². The van der Waals surface area contributed by atoms with E-state index in [0.29, 0.717) is 5.69 Å². The van der Waals surface area contributed by atoms with Gasteiger partial charge in [-0.15, -0.1) is 0 Å². The number of benzene rings is 1. The summed E-state index contributed by atoms with van der Waals surface area (Å²) >= 11 is 0. The first-order valence-corrected chi connectivity index (χ1v) is 7.88. The molecule has 2 aromatic rings. The highest BCUT2D eigenvalue weighted by Gasteiger charge is 2.21. The monoisotopic (exact) mass is 310 g/mol. The zero-order valence-electron chi connectivity index (χ0n) is 13.6. The topological polar surface area (TPSA) is 39.7 Å². The molecule has 1 aromatic heterocycles. The molecule has 1 amide bonds. The van der Waals surface area contributed by atoms with E-state index in [0.717, 1.165) is 37.6 Å². The predicted molar refractivity (Wildman–Crippen MR) is 92.1 cm³/mol. The minimum atomic E-state index is 0.0204. The molecular formula is C18H22N4O. The Balaban J connectivity index is 1.71. The smallest absolute Gasteiger partial charge is 0.272 e. The van der Waals surface area contributed by atoms with E-state index in [4.69, 9.17) is 0 Å². The summed E-state index contributed by atoms with van der Waals surface area (Å²) in [7, 11) is 4.07. The summed E-state index contributed by atoms with van der Waals surface area (Å²) in [5, 5.41) is 0. The van der Waals surface area contributed by atoms with Crippen molar-refractivity contribution in [2.24, 2.45) is 0 Å². The number of hydrogen-bond acceptors (Lipinski definition) is 4. The molecule has 0 atom stereocenters. The van der Waals surface area contributed by atoms with Crippen LogP contribution in [0, 0.1) is 0 Å². The van der Waals surface area contributed by atoms with Crippen LogP contribution < -0.4 is 4.90 Å². The fourth-order valence-corrected chi connectivity index (χ4v) is 2.68. The van der Waals surface area contributed by atoms with E-state index in [2.05, 4.69) is 21.8 Å². The largest absolute Gasteiger partial charge is 0.343 e. The molecule has 120 valence electrons. The van der Waals surface area contributed by atoms with E-state index in [1.807, 2.05) is 54.4 Å². The van der Waals surface area contributed by atoms with Gasteiger partial charge in [-0.3, -0.25) is 4.79 Å². The van der Waals surface area contributed by atoms with Crippen LogP contribution in [-0.4, -0.2) is 61.0 Å². The zero-order valence-corrected chi connectivity index (χ0v) is 13.6. The van der Waals surface area contributed by atoms with E-state index >= 15 is 0 Å². The van der Waals surface area contributed by atoms with Crippen LogP contribution in [0.3, 0.4) is 0 Å². The molecule has 1 aromatic carbocycles. The SMILES string of the molecule is CN1CCN(C(=O)c2ccc(N(C)c3ccccc3)cn2)CC1. The number of aromatic nitrogens is 1. The Morgan fingerprint density at radius 3 is 2.30 bits per heavy atom. The minimum Gasteiger partial charge on any atom is -0.343 e. The van der Waals surface area contributed by atoms with E-state index < -0.39 is 0 Å². The first kappa shape index (κ1) is 15.5. The molecule has 0 spiro atoms. The number of amides is 1. The Labute approximate surface area is 137 Å². The molecule has 5 nitrogen and oxygen atoms in total. The van der Waals surface area contributed by atoms with Gasteiger partial charge in [0.05, 0.1) is 11.9 Å². The van der Waals surface area contributed by atoms with Gasteiger partial charge in [0.1, 0.15) is 5.69 Å². The first-order valence-electron chi connectivity index (χ1n) is 7.88. The van der Waals surface area contributed by atoms with Crippen molar-refractivity contribution in [1.82, 2.24) is 14.8 Å². The van der Waals surface area contributed by atoms with Gasteiger partial charge >= 0.3 is 0 Å². The lowest BCUT2D eigenvalue weighted by molar-refractivity contribution is 0.0658. The van der Waals surface area contributed by atoms with Crippen molar-refractivity contribution < 1.29 is 4.79 Å². The van der Waals surface area contributed by atoms with E-state index in [9.17, 15) is 4.79 Å². The highest BCUT2D eigenvalue weighted by molar-refractivity contribution is 5.92. The Hall–Kier alpha value is -2.40. The zero-order chi connectivity index (χ0) is 16.2. The first-order chi connectivity index (χ1) is 11.1. The summed E-state index contributed by atoms with van der Waals surface area (Å²) in [6.45, 7) is 3.37. The minimum absolute atomic E-state index is 0.0204. The van der Waals surface area contributed by atoms with E-state index in [1.165, 1.54) is 0 Å². The fraction of sp³-hybridized carbons (Fsp3) is 0.333. The molecule has 23 heavy (non-hydrogen) atoms.